The van der Waals surface area contributed by atoms with E-state index in [1.54, 1.807) is 0 Å². The summed E-state index contributed by atoms with van der Waals surface area (Å²) >= 11 is 0. The van der Waals surface area contributed by atoms with Crippen LogP contribution in [0.5, 0.6) is 5.75 Å². The van der Waals surface area contributed by atoms with Crippen molar-refractivity contribution in [2.45, 2.75) is 51.2 Å². The van der Waals surface area contributed by atoms with Crippen LogP contribution in [0.25, 0.3) is 0 Å². The summed E-state index contributed by atoms with van der Waals surface area (Å²) in [5, 5.41) is 13.1. The Hall–Kier alpha value is -1.06. The molecule has 3 nitrogen and oxygen atoms in total. The maximum atomic E-state index is 9.78. The standard InChI is InChI=1S/C16H25NO2/c1-16(2,3)12-4-8-15(9-5-12)19-11-14(18)10-17-13-6-7-13/h4-5,8-9,13-14,17-18H,6-7,10-11H2,1-3H3/t14-/m0/s1. The van der Waals surface area contributed by atoms with E-state index >= 15 is 0 Å². The van der Waals surface area contributed by atoms with E-state index in [9.17, 15) is 5.11 Å². The van der Waals surface area contributed by atoms with Crippen LogP contribution in [-0.4, -0.2) is 30.4 Å². The first-order valence-corrected chi connectivity index (χ1v) is 7.10. The van der Waals surface area contributed by atoms with Crippen molar-refractivity contribution in [1.82, 2.24) is 5.32 Å². The number of nitrogens with one attached hydrogen (secondary N) is 1. The first-order chi connectivity index (χ1) is 8.95. The van der Waals surface area contributed by atoms with Crippen LogP contribution in [0.1, 0.15) is 39.2 Å². The van der Waals surface area contributed by atoms with E-state index in [1.165, 1.54) is 18.4 Å². The Balaban J connectivity index is 1.75. The average Bonchev–Trinajstić information content (AvgIpc) is 3.17. The molecule has 19 heavy (non-hydrogen) atoms. The molecule has 106 valence electrons. The third-order valence-electron chi connectivity index (χ3n) is 3.38. The fraction of sp³-hybridized carbons (Fsp3) is 0.625. The van der Waals surface area contributed by atoms with Gasteiger partial charge in [-0.25, -0.2) is 0 Å². The average molecular weight is 263 g/mol. The Morgan fingerprint density at radius 3 is 2.42 bits per heavy atom. The summed E-state index contributed by atoms with van der Waals surface area (Å²) in [6, 6.07) is 8.75. The monoisotopic (exact) mass is 263 g/mol. The molecule has 0 saturated heterocycles. The normalized spacial score (nSPS) is 17.3. The molecule has 1 aliphatic carbocycles. The van der Waals surface area contributed by atoms with Gasteiger partial charge in [-0.1, -0.05) is 32.9 Å². The molecule has 1 saturated carbocycles. The Labute approximate surface area is 116 Å². The number of ether oxygens (including phenoxy) is 1. The predicted octanol–water partition coefficient (Wildman–Crippen LogP) is 2.48. The molecule has 1 atom stereocenters. The van der Waals surface area contributed by atoms with Gasteiger partial charge in [-0.15, -0.1) is 0 Å². The summed E-state index contributed by atoms with van der Waals surface area (Å²) in [4.78, 5) is 0. The van der Waals surface area contributed by atoms with Crippen molar-refractivity contribution in [2.75, 3.05) is 13.2 Å². The lowest BCUT2D eigenvalue weighted by molar-refractivity contribution is 0.106. The van der Waals surface area contributed by atoms with Crippen LogP contribution in [0.15, 0.2) is 24.3 Å². The van der Waals surface area contributed by atoms with Crippen LogP contribution in [0.4, 0.5) is 0 Å². The van der Waals surface area contributed by atoms with Gasteiger partial charge < -0.3 is 15.2 Å². The zero-order valence-electron chi connectivity index (χ0n) is 12.1. The van der Waals surface area contributed by atoms with Crippen molar-refractivity contribution >= 4 is 0 Å². The van der Waals surface area contributed by atoms with Gasteiger partial charge in [-0.2, -0.15) is 0 Å². The van der Waals surface area contributed by atoms with Crippen LogP contribution < -0.4 is 10.1 Å². The number of aliphatic hydroxyl groups excluding tert-OH is 1. The topological polar surface area (TPSA) is 41.5 Å². The van der Waals surface area contributed by atoms with Gasteiger partial charge in [0.25, 0.3) is 0 Å². The molecule has 2 rings (SSSR count). The second kappa shape index (κ2) is 5.93. The Morgan fingerprint density at radius 2 is 1.89 bits per heavy atom. The SMILES string of the molecule is CC(C)(C)c1ccc(OC[C@@H](O)CNC2CC2)cc1. The lowest BCUT2D eigenvalue weighted by atomic mass is 9.87. The highest BCUT2D eigenvalue weighted by atomic mass is 16.5. The van der Waals surface area contributed by atoms with E-state index in [0.717, 1.165) is 5.75 Å². The van der Waals surface area contributed by atoms with E-state index in [0.29, 0.717) is 19.2 Å². The van der Waals surface area contributed by atoms with Gasteiger partial charge in [0, 0.05) is 12.6 Å². The highest BCUT2D eigenvalue weighted by Crippen LogP contribution is 2.24. The number of hydrogen-bond acceptors (Lipinski definition) is 3. The molecule has 0 radical (unpaired) electrons. The summed E-state index contributed by atoms with van der Waals surface area (Å²) in [6.45, 7) is 7.53. The van der Waals surface area contributed by atoms with E-state index < -0.39 is 6.10 Å². The molecule has 0 spiro atoms. The first kappa shape index (κ1) is 14.4. The molecule has 2 N–H and O–H groups in total. The third-order valence-corrected chi connectivity index (χ3v) is 3.38. The van der Waals surface area contributed by atoms with Gasteiger partial charge in [0.2, 0.25) is 0 Å². The van der Waals surface area contributed by atoms with Crippen molar-refractivity contribution in [3.8, 4) is 5.75 Å². The van der Waals surface area contributed by atoms with Gasteiger partial charge in [0.15, 0.2) is 0 Å². The zero-order valence-corrected chi connectivity index (χ0v) is 12.1. The maximum Gasteiger partial charge on any atom is 0.119 e. The zero-order chi connectivity index (χ0) is 13.9. The van der Waals surface area contributed by atoms with E-state index in [-0.39, 0.29) is 5.41 Å². The molecule has 1 aromatic carbocycles. The summed E-state index contributed by atoms with van der Waals surface area (Å²) < 4.78 is 5.60. The van der Waals surface area contributed by atoms with E-state index in [4.69, 9.17) is 4.74 Å². The molecule has 1 fully saturated rings. The minimum absolute atomic E-state index is 0.159. The van der Waals surface area contributed by atoms with Crippen LogP contribution in [0.2, 0.25) is 0 Å². The molecule has 0 unspecified atom stereocenters. The van der Waals surface area contributed by atoms with Crippen LogP contribution >= 0.6 is 0 Å². The summed E-state index contributed by atoms with van der Waals surface area (Å²) in [7, 11) is 0. The highest BCUT2D eigenvalue weighted by molar-refractivity contribution is 5.31. The molecule has 0 aromatic heterocycles. The van der Waals surface area contributed by atoms with Crippen molar-refractivity contribution in [3.05, 3.63) is 29.8 Å². The van der Waals surface area contributed by atoms with Crippen molar-refractivity contribution in [2.24, 2.45) is 0 Å². The van der Waals surface area contributed by atoms with Crippen LogP contribution in [-0.2, 0) is 5.41 Å². The minimum atomic E-state index is -0.442. The molecular formula is C16H25NO2. The first-order valence-electron chi connectivity index (χ1n) is 7.10. The lowest BCUT2D eigenvalue weighted by Gasteiger charge is -2.19. The fourth-order valence-electron chi connectivity index (χ4n) is 1.89. The van der Waals surface area contributed by atoms with Crippen molar-refractivity contribution in [3.63, 3.8) is 0 Å². The number of rotatable bonds is 6. The third kappa shape index (κ3) is 4.84. The molecular weight excluding hydrogens is 238 g/mol. The van der Waals surface area contributed by atoms with Crippen LogP contribution in [0, 0.1) is 0 Å². The van der Waals surface area contributed by atoms with Gasteiger partial charge >= 0.3 is 0 Å². The number of benzene rings is 1. The molecule has 1 aliphatic rings. The molecule has 0 aliphatic heterocycles. The quantitative estimate of drug-likeness (QED) is 0.828. The Kier molecular flexibility index (Phi) is 4.48. The Bertz CT molecular complexity index is 390. The summed E-state index contributed by atoms with van der Waals surface area (Å²) in [6.07, 6.45) is 2.03. The van der Waals surface area contributed by atoms with Gasteiger partial charge in [0.05, 0.1) is 0 Å². The smallest absolute Gasteiger partial charge is 0.119 e. The Morgan fingerprint density at radius 1 is 1.26 bits per heavy atom. The number of hydrogen-bond donors (Lipinski definition) is 2. The maximum absolute atomic E-state index is 9.78. The van der Waals surface area contributed by atoms with E-state index in [2.05, 4.69) is 38.2 Å². The summed E-state index contributed by atoms with van der Waals surface area (Å²) in [5.41, 5.74) is 1.45. The highest BCUT2D eigenvalue weighted by Gasteiger charge is 2.21. The molecule has 0 amide bonds. The molecule has 3 heteroatoms. The lowest BCUT2D eigenvalue weighted by Crippen LogP contribution is -2.32. The largest absolute Gasteiger partial charge is 0.491 e. The summed E-state index contributed by atoms with van der Waals surface area (Å²) in [5.74, 6) is 0.818. The molecule has 1 aromatic rings. The van der Waals surface area contributed by atoms with Gasteiger partial charge in [-0.05, 0) is 36.0 Å². The van der Waals surface area contributed by atoms with Crippen molar-refractivity contribution in [1.29, 1.82) is 0 Å². The van der Waals surface area contributed by atoms with Gasteiger partial charge in [-0.3, -0.25) is 0 Å². The van der Waals surface area contributed by atoms with Crippen molar-refractivity contribution < 1.29 is 9.84 Å². The van der Waals surface area contributed by atoms with Gasteiger partial charge in [0.1, 0.15) is 18.5 Å². The number of aliphatic hydroxyl groups is 1. The molecule has 0 heterocycles. The minimum Gasteiger partial charge on any atom is -0.491 e. The van der Waals surface area contributed by atoms with E-state index in [1.807, 2.05) is 12.1 Å². The fourth-order valence-corrected chi connectivity index (χ4v) is 1.89. The van der Waals surface area contributed by atoms with Crippen LogP contribution in [0.3, 0.4) is 0 Å². The second-order valence-electron chi connectivity index (χ2n) is 6.42. The second-order valence-corrected chi connectivity index (χ2v) is 6.42. The predicted molar refractivity (Wildman–Crippen MR) is 77.7 cm³/mol. The molecule has 0 bridgehead atoms.